The van der Waals surface area contributed by atoms with Gasteiger partial charge in [0.25, 0.3) is 5.91 Å². The van der Waals surface area contributed by atoms with Crippen molar-refractivity contribution in [2.45, 2.75) is 25.7 Å². The van der Waals surface area contributed by atoms with Gasteiger partial charge in [-0.15, -0.1) is 0 Å². The zero-order chi connectivity index (χ0) is 19.7. The monoisotopic (exact) mass is 381 g/mol. The van der Waals surface area contributed by atoms with Crippen molar-refractivity contribution in [3.05, 3.63) is 47.7 Å². The molecule has 1 unspecified atom stereocenters. The van der Waals surface area contributed by atoms with E-state index in [9.17, 15) is 4.79 Å². The molecule has 1 saturated heterocycles. The van der Waals surface area contributed by atoms with Crippen LogP contribution in [-0.4, -0.2) is 48.1 Å². The first kappa shape index (κ1) is 18.3. The molecular formula is C21H23N3O4. The van der Waals surface area contributed by atoms with Crippen LogP contribution in [0.1, 0.15) is 40.6 Å². The van der Waals surface area contributed by atoms with E-state index in [1.165, 1.54) is 0 Å². The van der Waals surface area contributed by atoms with E-state index in [1.54, 1.807) is 26.7 Å². The quantitative estimate of drug-likeness (QED) is 0.688. The lowest BCUT2D eigenvalue weighted by Gasteiger charge is -2.32. The minimum Gasteiger partial charge on any atom is -0.493 e. The number of nitrogens with zero attached hydrogens (tertiary/aromatic N) is 3. The highest BCUT2D eigenvalue weighted by Crippen LogP contribution is 2.39. The van der Waals surface area contributed by atoms with Gasteiger partial charge in [0.2, 0.25) is 5.75 Å². The Hall–Kier alpha value is -3.09. The maximum Gasteiger partial charge on any atom is 0.289 e. The number of aryl methyl sites for hydroxylation is 1. The number of methoxy groups -OCH3 is 2. The molecule has 0 aliphatic carbocycles. The number of likely N-dealkylation sites (tertiary alicyclic amines) is 1. The molecule has 0 radical (unpaired) electrons. The van der Waals surface area contributed by atoms with Gasteiger partial charge < -0.3 is 18.8 Å². The van der Waals surface area contributed by atoms with Gasteiger partial charge in [-0.05, 0) is 38.0 Å². The summed E-state index contributed by atoms with van der Waals surface area (Å²) >= 11 is 0. The lowest BCUT2D eigenvalue weighted by atomic mass is 9.94. The lowest BCUT2D eigenvalue weighted by molar-refractivity contribution is 0.0675. The Labute approximate surface area is 163 Å². The molecule has 1 fully saturated rings. The molecule has 1 aliphatic rings. The van der Waals surface area contributed by atoms with Crippen molar-refractivity contribution in [1.82, 2.24) is 14.9 Å². The molecule has 2 aromatic heterocycles. The van der Waals surface area contributed by atoms with Gasteiger partial charge in [0.05, 0.1) is 14.2 Å². The highest BCUT2D eigenvalue weighted by atomic mass is 16.5. The van der Waals surface area contributed by atoms with E-state index in [0.29, 0.717) is 35.9 Å². The Kier molecular flexibility index (Phi) is 4.90. The van der Waals surface area contributed by atoms with Gasteiger partial charge in [-0.1, -0.05) is 0 Å². The molecule has 1 atom stereocenters. The van der Waals surface area contributed by atoms with Gasteiger partial charge >= 0.3 is 0 Å². The smallest absolute Gasteiger partial charge is 0.289 e. The summed E-state index contributed by atoms with van der Waals surface area (Å²) < 4.78 is 16.8. The van der Waals surface area contributed by atoms with Crippen LogP contribution in [0.25, 0.3) is 11.0 Å². The topological polar surface area (TPSA) is 77.7 Å². The van der Waals surface area contributed by atoms with E-state index in [0.717, 1.165) is 29.5 Å². The fraction of sp³-hybridized carbons (Fsp3) is 0.381. The number of aromatic nitrogens is 2. The molecule has 7 heteroatoms. The van der Waals surface area contributed by atoms with E-state index < -0.39 is 0 Å². The molecule has 3 heterocycles. The van der Waals surface area contributed by atoms with Crippen molar-refractivity contribution in [2.24, 2.45) is 0 Å². The summed E-state index contributed by atoms with van der Waals surface area (Å²) in [6.45, 7) is 3.22. The molecule has 0 spiro atoms. The van der Waals surface area contributed by atoms with Crippen LogP contribution in [0.4, 0.5) is 0 Å². The van der Waals surface area contributed by atoms with Crippen molar-refractivity contribution < 1.29 is 18.7 Å². The standard InChI is InChI=1S/C21H23N3O4/c1-13-15-6-7-17(26-2)20(27-3)19(15)28-18(13)21(25)24-10-4-5-14(11-24)16-8-9-22-12-23-16/h6-9,12,14H,4-5,10-11H2,1-3H3. The van der Waals surface area contributed by atoms with Crippen LogP contribution in [0.5, 0.6) is 11.5 Å². The first-order chi connectivity index (χ1) is 13.6. The maximum absolute atomic E-state index is 13.2. The second-order valence-electron chi connectivity index (χ2n) is 6.96. The Morgan fingerprint density at radius 1 is 1.25 bits per heavy atom. The van der Waals surface area contributed by atoms with Crippen LogP contribution in [0.15, 0.2) is 35.1 Å². The van der Waals surface area contributed by atoms with Crippen molar-refractivity contribution in [3.8, 4) is 11.5 Å². The molecule has 0 saturated carbocycles. The predicted molar refractivity (Wildman–Crippen MR) is 104 cm³/mol. The largest absolute Gasteiger partial charge is 0.493 e. The second kappa shape index (κ2) is 7.50. The number of fused-ring (bicyclic) bond motifs is 1. The molecule has 28 heavy (non-hydrogen) atoms. The summed E-state index contributed by atoms with van der Waals surface area (Å²) in [6, 6.07) is 5.64. The molecule has 0 bridgehead atoms. The molecule has 3 aromatic rings. The third-order valence-corrected chi connectivity index (χ3v) is 5.37. The third-order valence-electron chi connectivity index (χ3n) is 5.37. The number of carbonyl (C=O) groups is 1. The number of furan rings is 1. The summed E-state index contributed by atoms with van der Waals surface area (Å²) in [6.07, 6.45) is 5.23. The van der Waals surface area contributed by atoms with Crippen LogP contribution < -0.4 is 9.47 Å². The molecular weight excluding hydrogens is 358 g/mol. The Morgan fingerprint density at radius 3 is 2.82 bits per heavy atom. The number of hydrogen-bond donors (Lipinski definition) is 0. The fourth-order valence-corrected chi connectivity index (χ4v) is 3.89. The number of benzene rings is 1. The van der Waals surface area contributed by atoms with E-state index in [1.807, 2.05) is 30.0 Å². The van der Waals surface area contributed by atoms with E-state index in [-0.39, 0.29) is 11.8 Å². The highest BCUT2D eigenvalue weighted by Gasteiger charge is 2.30. The van der Waals surface area contributed by atoms with Gasteiger partial charge in [0, 0.05) is 41.8 Å². The average Bonchev–Trinajstić information content (AvgIpc) is 3.09. The SMILES string of the molecule is COc1ccc2c(C)c(C(=O)N3CCCC(c4ccncn4)C3)oc2c1OC. The fourth-order valence-electron chi connectivity index (χ4n) is 3.89. The Morgan fingerprint density at radius 2 is 2.11 bits per heavy atom. The third kappa shape index (κ3) is 3.06. The summed E-state index contributed by atoms with van der Waals surface area (Å²) in [4.78, 5) is 23.4. The van der Waals surface area contributed by atoms with Crippen molar-refractivity contribution in [3.63, 3.8) is 0 Å². The number of piperidine rings is 1. The summed E-state index contributed by atoms with van der Waals surface area (Å²) in [5.41, 5.74) is 2.32. The second-order valence-corrected chi connectivity index (χ2v) is 6.96. The van der Waals surface area contributed by atoms with Gasteiger partial charge in [0.1, 0.15) is 6.33 Å². The Balaban J connectivity index is 1.66. The van der Waals surface area contributed by atoms with Gasteiger partial charge in [-0.2, -0.15) is 0 Å². The van der Waals surface area contributed by atoms with Crippen LogP contribution in [0.3, 0.4) is 0 Å². The highest BCUT2D eigenvalue weighted by molar-refractivity contribution is 6.00. The van der Waals surface area contributed by atoms with Crippen molar-refractivity contribution >= 4 is 16.9 Å². The molecule has 0 N–H and O–H groups in total. The van der Waals surface area contributed by atoms with Crippen molar-refractivity contribution in [2.75, 3.05) is 27.3 Å². The van der Waals surface area contributed by atoms with Crippen LogP contribution >= 0.6 is 0 Å². The molecule has 1 aromatic carbocycles. The van der Waals surface area contributed by atoms with Crippen LogP contribution in [0, 0.1) is 6.92 Å². The molecule has 4 rings (SSSR count). The van der Waals surface area contributed by atoms with E-state index >= 15 is 0 Å². The van der Waals surface area contributed by atoms with E-state index in [2.05, 4.69) is 9.97 Å². The molecule has 1 aliphatic heterocycles. The first-order valence-corrected chi connectivity index (χ1v) is 9.33. The molecule has 146 valence electrons. The summed E-state index contributed by atoms with van der Waals surface area (Å²) in [5.74, 6) is 1.53. The van der Waals surface area contributed by atoms with Crippen LogP contribution in [-0.2, 0) is 0 Å². The molecule has 7 nitrogen and oxygen atoms in total. The first-order valence-electron chi connectivity index (χ1n) is 9.33. The Bertz CT molecular complexity index is 1000. The molecule has 1 amide bonds. The number of amides is 1. The zero-order valence-corrected chi connectivity index (χ0v) is 16.3. The van der Waals surface area contributed by atoms with Gasteiger partial charge in [-0.25, -0.2) is 9.97 Å². The van der Waals surface area contributed by atoms with Gasteiger partial charge in [-0.3, -0.25) is 4.79 Å². The summed E-state index contributed by atoms with van der Waals surface area (Å²) in [7, 11) is 3.14. The van der Waals surface area contributed by atoms with E-state index in [4.69, 9.17) is 13.9 Å². The maximum atomic E-state index is 13.2. The lowest BCUT2D eigenvalue weighted by Crippen LogP contribution is -2.39. The van der Waals surface area contributed by atoms with Crippen LogP contribution in [0.2, 0.25) is 0 Å². The number of hydrogen-bond acceptors (Lipinski definition) is 6. The summed E-state index contributed by atoms with van der Waals surface area (Å²) in [5, 5.41) is 0.852. The van der Waals surface area contributed by atoms with Crippen molar-refractivity contribution in [1.29, 1.82) is 0 Å². The predicted octanol–water partition coefficient (Wildman–Crippen LogP) is 3.57. The number of ether oxygens (including phenoxy) is 2. The average molecular weight is 381 g/mol. The normalized spacial score (nSPS) is 17.0. The minimum absolute atomic E-state index is 0.103. The minimum atomic E-state index is -0.103. The van der Waals surface area contributed by atoms with Gasteiger partial charge in [0.15, 0.2) is 17.1 Å². The number of carbonyl (C=O) groups excluding carboxylic acids is 1. The number of rotatable bonds is 4. The zero-order valence-electron chi connectivity index (χ0n) is 16.3.